The third kappa shape index (κ3) is 14.8. The highest BCUT2D eigenvalue weighted by molar-refractivity contribution is 5.59. The lowest BCUT2D eigenvalue weighted by atomic mass is 10.2. The lowest BCUT2D eigenvalue weighted by molar-refractivity contribution is 0.0550. The number of ether oxygens (including phenoxy) is 2. The van der Waals surface area contributed by atoms with Gasteiger partial charge in [-0.25, -0.2) is 4.79 Å². The first-order chi connectivity index (χ1) is 7.66. The molecule has 0 amide bonds. The second kappa shape index (κ2) is 12.8. The van der Waals surface area contributed by atoms with E-state index in [0.717, 1.165) is 12.8 Å². The summed E-state index contributed by atoms with van der Waals surface area (Å²) in [5.74, 6) is 0.335. The molecule has 0 atom stereocenters. The minimum absolute atomic E-state index is 0. The fourth-order valence-corrected chi connectivity index (χ4v) is 0.898. The maximum Gasteiger partial charge on any atom is 0.508 e. The Labute approximate surface area is 105 Å². The minimum Gasteiger partial charge on any atom is -0.434 e. The van der Waals surface area contributed by atoms with Gasteiger partial charge in [-0.3, -0.25) is 0 Å². The summed E-state index contributed by atoms with van der Waals surface area (Å²) < 4.78 is 9.67. The Hall–Kier alpha value is -1.25. The van der Waals surface area contributed by atoms with Crippen LogP contribution in [0.25, 0.3) is 0 Å². The second-order valence-electron chi connectivity index (χ2n) is 3.85. The molecule has 0 fully saturated rings. The van der Waals surface area contributed by atoms with Gasteiger partial charge in [0.2, 0.25) is 0 Å². The van der Waals surface area contributed by atoms with Crippen molar-refractivity contribution in [1.29, 1.82) is 0 Å². The van der Waals surface area contributed by atoms with Gasteiger partial charge in [-0.15, -0.1) is 0 Å². The zero-order valence-corrected chi connectivity index (χ0v) is 10.4. The predicted molar refractivity (Wildman–Crippen MR) is 72.1 cm³/mol. The van der Waals surface area contributed by atoms with Crippen LogP contribution in [0.1, 0.15) is 41.0 Å². The third-order valence-electron chi connectivity index (χ3n) is 1.67. The molecule has 0 saturated heterocycles. The summed E-state index contributed by atoms with van der Waals surface area (Å²) >= 11 is 0. The van der Waals surface area contributed by atoms with E-state index in [-0.39, 0.29) is 14.0 Å². The molecule has 17 heavy (non-hydrogen) atoms. The van der Waals surface area contributed by atoms with Crippen LogP contribution in [0.15, 0.2) is 24.3 Å². The molecule has 3 nitrogen and oxygen atoms in total. The lowest BCUT2D eigenvalue weighted by Gasteiger charge is -2.06. The van der Waals surface area contributed by atoms with Crippen LogP contribution in [0, 0.1) is 5.92 Å². The van der Waals surface area contributed by atoms with Crippen molar-refractivity contribution in [3.05, 3.63) is 24.3 Å². The Bertz CT molecular complexity index is 230. The van der Waals surface area contributed by atoms with E-state index in [0.29, 0.717) is 12.5 Å². The first-order valence-electron chi connectivity index (χ1n) is 5.76. The summed E-state index contributed by atoms with van der Waals surface area (Å²) in [6, 6.07) is 0. The monoisotopic (exact) mass is 242 g/mol. The van der Waals surface area contributed by atoms with Gasteiger partial charge in [0.05, 0.1) is 6.61 Å². The largest absolute Gasteiger partial charge is 0.508 e. The Morgan fingerprint density at radius 1 is 1.12 bits per heavy atom. The quantitative estimate of drug-likeness (QED) is 0.492. The van der Waals surface area contributed by atoms with Gasteiger partial charge in [-0.2, -0.15) is 0 Å². The van der Waals surface area contributed by atoms with Gasteiger partial charge >= 0.3 is 6.16 Å². The fourth-order valence-electron chi connectivity index (χ4n) is 0.898. The molecular formula is C14H26O3. The number of rotatable bonds is 7. The molecule has 0 aliphatic carbocycles. The third-order valence-corrected chi connectivity index (χ3v) is 1.67. The van der Waals surface area contributed by atoms with E-state index in [4.69, 9.17) is 9.47 Å². The Balaban J connectivity index is 0. The first-order valence-corrected chi connectivity index (χ1v) is 5.76. The normalized spacial score (nSPS) is 10.8. The summed E-state index contributed by atoms with van der Waals surface area (Å²) in [5, 5.41) is 0. The molecule has 0 bridgehead atoms. The summed E-state index contributed by atoms with van der Waals surface area (Å²) in [6.45, 7) is 6.73. The molecule has 0 rings (SSSR count). The van der Waals surface area contributed by atoms with Crippen LogP contribution in [0.3, 0.4) is 0 Å². The summed E-state index contributed by atoms with van der Waals surface area (Å²) in [6.07, 6.45) is 9.28. The van der Waals surface area contributed by atoms with Crippen LogP contribution < -0.4 is 0 Å². The van der Waals surface area contributed by atoms with Crippen molar-refractivity contribution in [3.63, 3.8) is 0 Å². The van der Waals surface area contributed by atoms with Gasteiger partial charge < -0.3 is 9.47 Å². The van der Waals surface area contributed by atoms with Crippen LogP contribution in [-0.2, 0) is 9.47 Å². The Morgan fingerprint density at radius 3 is 2.35 bits per heavy atom. The highest BCUT2D eigenvalue weighted by atomic mass is 16.7. The van der Waals surface area contributed by atoms with Gasteiger partial charge in [0.15, 0.2) is 0 Å². The molecule has 0 aromatic carbocycles. The van der Waals surface area contributed by atoms with Crippen LogP contribution in [0.2, 0.25) is 0 Å². The topological polar surface area (TPSA) is 35.5 Å². The average molecular weight is 242 g/mol. The van der Waals surface area contributed by atoms with Crippen molar-refractivity contribution in [2.24, 2.45) is 5.92 Å². The van der Waals surface area contributed by atoms with E-state index in [1.807, 2.05) is 26.0 Å². The van der Waals surface area contributed by atoms with E-state index in [1.165, 1.54) is 0 Å². The summed E-state index contributed by atoms with van der Waals surface area (Å²) in [7, 11) is 0. The van der Waals surface area contributed by atoms with E-state index in [2.05, 4.69) is 19.1 Å². The van der Waals surface area contributed by atoms with Gasteiger partial charge in [0, 0.05) is 0 Å². The molecule has 0 aromatic rings. The minimum atomic E-state index is -0.595. The maximum absolute atomic E-state index is 11.0. The zero-order chi connectivity index (χ0) is 12.2. The highest BCUT2D eigenvalue weighted by Gasteiger charge is 2.03. The number of allylic oxidation sites excluding steroid dienone is 3. The average Bonchev–Trinajstić information content (AvgIpc) is 2.25. The molecule has 0 N–H and O–H groups in total. The Morgan fingerprint density at radius 2 is 1.76 bits per heavy atom. The van der Waals surface area contributed by atoms with Gasteiger partial charge in [0.1, 0.15) is 6.61 Å². The van der Waals surface area contributed by atoms with Gasteiger partial charge in [-0.05, 0) is 18.8 Å². The number of carbonyl (C=O) groups excluding carboxylic acids is 1. The van der Waals surface area contributed by atoms with E-state index < -0.39 is 6.16 Å². The standard InChI is InChI=1S/C13H22O3.CH4/c1-4-5-6-7-8-9-10-15-13(14)16-11-12(2)3;/h5-6,8-9,12H,4,7,10-11H2,1-3H3;1H4/b6-5-,9-8-;. The molecule has 0 spiro atoms. The summed E-state index contributed by atoms with van der Waals surface area (Å²) in [5.41, 5.74) is 0. The van der Waals surface area contributed by atoms with Crippen LogP contribution in [0.4, 0.5) is 4.79 Å². The van der Waals surface area contributed by atoms with Crippen molar-refractivity contribution in [2.75, 3.05) is 13.2 Å². The molecule has 0 radical (unpaired) electrons. The Kier molecular flexibility index (Phi) is 13.7. The van der Waals surface area contributed by atoms with Gasteiger partial charge in [0.25, 0.3) is 0 Å². The summed E-state index contributed by atoms with van der Waals surface area (Å²) in [4.78, 5) is 11.0. The number of hydrogen-bond donors (Lipinski definition) is 0. The fraction of sp³-hybridized carbons (Fsp3) is 0.643. The van der Waals surface area contributed by atoms with Crippen molar-refractivity contribution in [1.82, 2.24) is 0 Å². The molecule has 0 aliphatic rings. The molecule has 0 aromatic heterocycles. The maximum atomic E-state index is 11.0. The van der Waals surface area contributed by atoms with E-state index in [1.54, 1.807) is 0 Å². The molecule has 0 heterocycles. The van der Waals surface area contributed by atoms with Crippen molar-refractivity contribution >= 4 is 6.16 Å². The second-order valence-corrected chi connectivity index (χ2v) is 3.85. The molecule has 3 heteroatoms. The van der Waals surface area contributed by atoms with Crippen molar-refractivity contribution in [3.8, 4) is 0 Å². The number of carbonyl (C=O) groups is 1. The first kappa shape index (κ1) is 18.1. The highest BCUT2D eigenvalue weighted by Crippen LogP contribution is 1.95. The van der Waals surface area contributed by atoms with E-state index >= 15 is 0 Å². The zero-order valence-electron chi connectivity index (χ0n) is 10.4. The molecular weight excluding hydrogens is 216 g/mol. The van der Waals surface area contributed by atoms with Crippen LogP contribution in [-0.4, -0.2) is 19.4 Å². The lowest BCUT2D eigenvalue weighted by Crippen LogP contribution is -2.11. The van der Waals surface area contributed by atoms with E-state index in [9.17, 15) is 4.79 Å². The van der Waals surface area contributed by atoms with Crippen LogP contribution >= 0.6 is 0 Å². The smallest absolute Gasteiger partial charge is 0.434 e. The predicted octanol–water partition coefficient (Wildman–Crippen LogP) is 4.34. The molecule has 0 unspecified atom stereocenters. The molecule has 0 aliphatic heterocycles. The van der Waals surface area contributed by atoms with Crippen LogP contribution in [0.5, 0.6) is 0 Å². The molecule has 100 valence electrons. The van der Waals surface area contributed by atoms with Crippen molar-refractivity contribution < 1.29 is 14.3 Å². The number of hydrogen-bond acceptors (Lipinski definition) is 3. The SMILES string of the molecule is C.CC/C=C\C/C=C\COC(=O)OCC(C)C. The molecule has 0 saturated carbocycles. The van der Waals surface area contributed by atoms with Crippen molar-refractivity contribution in [2.45, 2.75) is 41.0 Å². The van der Waals surface area contributed by atoms with Gasteiger partial charge in [-0.1, -0.05) is 52.5 Å².